The second kappa shape index (κ2) is 5.71. The van der Waals surface area contributed by atoms with Crippen LogP contribution in [-0.4, -0.2) is 34.5 Å². The van der Waals surface area contributed by atoms with Crippen LogP contribution in [0.25, 0.3) is 0 Å². The summed E-state index contributed by atoms with van der Waals surface area (Å²) in [6.45, 7) is 7.55. The highest BCUT2D eigenvalue weighted by atomic mass is 16.4. The van der Waals surface area contributed by atoms with E-state index in [9.17, 15) is 9.59 Å². The van der Waals surface area contributed by atoms with Crippen molar-refractivity contribution in [1.29, 1.82) is 0 Å². The predicted molar refractivity (Wildman–Crippen MR) is 66.6 cm³/mol. The van der Waals surface area contributed by atoms with Crippen LogP contribution in [0.3, 0.4) is 0 Å². The van der Waals surface area contributed by atoms with E-state index in [-0.39, 0.29) is 18.4 Å². The van der Waals surface area contributed by atoms with Crippen LogP contribution in [0.2, 0.25) is 0 Å². The second-order valence-electron chi connectivity index (χ2n) is 4.36. The molecule has 0 saturated heterocycles. The SMILES string of the molecule is CCN(C(=O)c1cc(C)oc1C)C(C)CC(=O)O. The van der Waals surface area contributed by atoms with Crippen LogP contribution < -0.4 is 0 Å². The standard InChI is InChI=1S/C13H19NO4/c1-5-14(8(2)6-12(15)16)13(17)11-7-9(3)18-10(11)4/h7-8H,5-6H2,1-4H3,(H,15,16). The van der Waals surface area contributed by atoms with E-state index in [0.29, 0.717) is 23.6 Å². The van der Waals surface area contributed by atoms with Gasteiger partial charge in [0.1, 0.15) is 11.5 Å². The van der Waals surface area contributed by atoms with Gasteiger partial charge in [0.15, 0.2) is 0 Å². The van der Waals surface area contributed by atoms with Gasteiger partial charge in [-0.3, -0.25) is 9.59 Å². The minimum absolute atomic E-state index is 0.0601. The summed E-state index contributed by atoms with van der Waals surface area (Å²) in [6, 6.07) is 1.35. The van der Waals surface area contributed by atoms with E-state index in [0.717, 1.165) is 0 Å². The molecule has 0 fully saturated rings. The van der Waals surface area contributed by atoms with E-state index >= 15 is 0 Å². The number of carboxylic acid groups (broad SMARTS) is 1. The monoisotopic (exact) mass is 253 g/mol. The zero-order chi connectivity index (χ0) is 13.9. The first-order chi connectivity index (χ1) is 8.36. The fourth-order valence-electron chi connectivity index (χ4n) is 2.02. The largest absolute Gasteiger partial charge is 0.481 e. The third-order valence-corrected chi connectivity index (χ3v) is 2.88. The molecule has 0 aliphatic rings. The van der Waals surface area contributed by atoms with Gasteiger partial charge in [-0.25, -0.2) is 0 Å². The van der Waals surface area contributed by atoms with Crippen molar-refractivity contribution in [3.05, 3.63) is 23.2 Å². The topological polar surface area (TPSA) is 70.8 Å². The van der Waals surface area contributed by atoms with Crippen molar-refractivity contribution in [2.24, 2.45) is 0 Å². The molecule has 5 heteroatoms. The summed E-state index contributed by atoms with van der Waals surface area (Å²) >= 11 is 0. The maximum atomic E-state index is 12.3. The number of carbonyl (C=O) groups excluding carboxylic acids is 1. The van der Waals surface area contributed by atoms with E-state index < -0.39 is 5.97 Å². The molecule has 0 radical (unpaired) electrons. The summed E-state index contributed by atoms with van der Waals surface area (Å²) in [4.78, 5) is 24.6. The third-order valence-electron chi connectivity index (χ3n) is 2.88. The minimum atomic E-state index is -0.908. The Bertz CT molecular complexity index is 450. The second-order valence-corrected chi connectivity index (χ2v) is 4.36. The summed E-state index contributed by atoms with van der Waals surface area (Å²) < 4.78 is 5.33. The highest BCUT2D eigenvalue weighted by molar-refractivity contribution is 5.95. The number of aryl methyl sites for hydroxylation is 2. The first kappa shape index (κ1) is 14.3. The number of rotatable bonds is 5. The average molecular weight is 253 g/mol. The lowest BCUT2D eigenvalue weighted by Gasteiger charge is -2.26. The van der Waals surface area contributed by atoms with Crippen molar-refractivity contribution >= 4 is 11.9 Å². The molecule has 1 amide bonds. The molecule has 0 bridgehead atoms. The van der Waals surface area contributed by atoms with Gasteiger partial charge in [0.05, 0.1) is 12.0 Å². The molecule has 100 valence electrons. The van der Waals surface area contributed by atoms with Crippen molar-refractivity contribution in [3.8, 4) is 0 Å². The Kier molecular flexibility index (Phi) is 4.53. The molecule has 1 N–H and O–H groups in total. The van der Waals surface area contributed by atoms with Gasteiger partial charge in [-0.05, 0) is 33.8 Å². The maximum Gasteiger partial charge on any atom is 0.305 e. The van der Waals surface area contributed by atoms with Crippen LogP contribution in [0.1, 0.15) is 42.1 Å². The Morgan fingerprint density at radius 3 is 2.44 bits per heavy atom. The smallest absolute Gasteiger partial charge is 0.305 e. The molecule has 1 rings (SSSR count). The van der Waals surface area contributed by atoms with Gasteiger partial charge < -0.3 is 14.4 Å². The Morgan fingerprint density at radius 1 is 1.44 bits per heavy atom. The number of carboxylic acids is 1. The lowest BCUT2D eigenvalue weighted by Crippen LogP contribution is -2.39. The molecule has 0 spiro atoms. The Labute approximate surface area is 106 Å². The van der Waals surface area contributed by atoms with E-state index in [4.69, 9.17) is 9.52 Å². The maximum absolute atomic E-state index is 12.3. The molecular formula is C13H19NO4. The van der Waals surface area contributed by atoms with Gasteiger partial charge in [-0.2, -0.15) is 0 Å². The van der Waals surface area contributed by atoms with Crippen molar-refractivity contribution in [2.45, 2.75) is 40.2 Å². The van der Waals surface area contributed by atoms with Crippen LogP contribution in [-0.2, 0) is 4.79 Å². The summed E-state index contributed by atoms with van der Waals surface area (Å²) in [6.07, 6.45) is -0.0601. The molecular weight excluding hydrogens is 234 g/mol. The molecule has 1 aromatic heterocycles. The van der Waals surface area contributed by atoms with E-state index in [2.05, 4.69) is 0 Å². The quantitative estimate of drug-likeness (QED) is 0.873. The number of amides is 1. The molecule has 1 atom stereocenters. The fourth-order valence-corrected chi connectivity index (χ4v) is 2.02. The van der Waals surface area contributed by atoms with Crippen LogP contribution in [0.4, 0.5) is 0 Å². The molecule has 1 aromatic rings. The highest BCUT2D eigenvalue weighted by Gasteiger charge is 2.24. The summed E-state index contributed by atoms with van der Waals surface area (Å²) in [5, 5.41) is 8.78. The first-order valence-corrected chi connectivity index (χ1v) is 5.96. The minimum Gasteiger partial charge on any atom is -0.481 e. The van der Waals surface area contributed by atoms with Crippen LogP contribution in [0.15, 0.2) is 10.5 Å². The van der Waals surface area contributed by atoms with Crippen molar-refractivity contribution < 1.29 is 19.1 Å². The van der Waals surface area contributed by atoms with Gasteiger partial charge in [0.25, 0.3) is 5.91 Å². The molecule has 5 nitrogen and oxygen atoms in total. The van der Waals surface area contributed by atoms with E-state index in [1.165, 1.54) is 0 Å². The number of hydrogen-bond donors (Lipinski definition) is 1. The zero-order valence-corrected chi connectivity index (χ0v) is 11.2. The number of hydrogen-bond acceptors (Lipinski definition) is 3. The third kappa shape index (κ3) is 3.12. The Hall–Kier alpha value is -1.78. The average Bonchev–Trinajstić information content (AvgIpc) is 2.57. The molecule has 0 aromatic carbocycles. The molecule has 0 aliphatic carbocycles. The lowest BCUT2D eigenvalue weighted by molar-refractivity contribution is -0.138. The number of nitrogens with zero attached hydrogens (tertiary/aromatic N) is 1. The van der Waals surface area contributed by atoms with Gasteiger partial charge >= 0.3 is 5.97 Å². The van der Waals surface area contributed by atoms with Crippen LogP contribution in [0.5, 0.6) is 0 Å². The first-order valence-electron chi connectivity index (χ1n) is 5.96. The van der Waals surface area contributed by atoms with Crippen molar-refractivity contribution in [1.82, 2.24) is 4.90 Å². The van der Waals surface area contributed by atoms with E-state index in [1.54, 1.807) is 31.7 Å². The number of aliphatic carboxylic acids is 1. The Morgan fingerprint density at radius 2 is 2.06 bits per heavy atom. The molecule has 0 aliphatic heterocycles. The lowest BCUT2D eigenvalue weighted by atomic mass is 10.1. The van der Waals surface area contributed by atoms with E-state index in [1.807, 2.05) is 6.92 Å². The van der Waals surface area contributed by atoms with Crippen LogP contribution in [0, 0.1) is 13.8 Å². The molecule has 1 unspecified atom stereocenters. The molecule has 0 saturated carbocycles. The molecule has 1 heterocycles. The summed E-state index contributed by atoms with van der Waals surface area (Å²) in [5.74, 6) is 0.158. The van der Waals surface area contributed by atoms with Gasteiger partial charge in [0.2, 0.25) is 0 Å². The highest BCUT2D eigenvalue weighted by Crippen LogP contribution is 2.18. The fraction of sp³-hybridized carbons (Fsp3) is 0.538. The van der Waals surface area contributed by atoms with Gasteiger partial charge in [-0.15, -0.1) is 0 Å². The predicted octanol–water partition coefficient (Wildman–Crippen LogP) is 2.22. The summed E-state index contributed by atoms with van der Waals surface area (Å²) in [5.41, 5.74) is 0.506. The van der Waals surface area contributed by atoms with Crippen molar-refractivity contribution in [3.63, 3.8) is 0 Å². The molecule has 18 heavy (non-hydrogen) atoms. The van der Waals surface area contributed by atoms with Crippen molar-refractivity contribution in [2.75, 3.05) is 6.54 Å². The van der Waals surface area contributed by atoms with Gasteiger partial charge in [-0.1, -0.05) is 0 Å². The Balaban J connectivity index is 2.92. The normalized spacial score (nSPS) is 12.2. The van der Waals surface area contributed by atoms with Gasteiger partial charge in [0, 0.05) is 12.6 Å². The number of carbonyl (C=O) groups is 2. The summed E-state index contributed by atoms with van der Waals surface area (Å²) in [7, 11) is 0. The number of furan rings is 1. The zero-order valence-electron chi connectivity index (χ0n) is 11.2. The van der Waals surface area contributed by atoms with Crippen LogP contribution >= 0.6 is 0 Å².